The van der Waals surface area contributed by atoms with Gasteiger partial charge in [-0.2, -0.15) is 0 Å². The maximum Gasteiger partial charge on any atom is 0.225 e. The molecule has 2 fully saturated rings. The number of fused-ring (bicyclic) bond motifs is 1. The van der Waals surface area contributed by atoms with Crippen LogP contribution in [-0.2, 0) is 12.8 Å². The van der Waals surface area contributed by atoms with Crippen molar-refractivity contribution in [3.8, 4) is 0 Å². The van der Waals surface area contributed by atoms with Gasteiger partial charge in [-0.1, -0.05) is 6.92 Å². The number of aromatic nitrogens is 3. The SMILES string of the molecule is CCc1cc2c(nc1C1CCN(c3ncc(N4CCN(C)CC4)cn3)CC1)CCCC2O. The van der Waals surface area contributed by atoms with E-state index < -0.39 is 0 Å². The van der Waals surface area contributed by atoms with E-state index in [1.54, 1.807) is 0 Å². The van der Waals surface area contributed by atoms with Crippen molar-refractivity contribution < 1.29 is 5.11 Å². The summed E-state index contributed by atoms with van der Waals surface area (Å²) in [5.74, 6) is 1.33. The minimum absolute atomic E-state index is 0.335. The van der Waals surface area contributed by atoms with Gasteiger partial charge in [0.05, 0.1) is 24.2 Å². The Labute approximate surface area is 191 Å². The van der Waals surface area contributed by atoms with Crippen molar-refractivity contribution in [3.63, 3.8) is 0 Å². The molecule has 1 aliphatic carbocycles. The van der Waals surface area contributed by atoms with Gasteiger partial charge >= 0.3 is 0 Å². The van der Waals surface area contributed by atoms with E-state index >= 15 is 0 Å². The van der Waals surface area contributed by atoms with Crippen molar-refractivity contribution in [2.75, 3.05) is 56.1 Å². The van der Waals surface area contributed by atoms with Gasteiger partial charge in [0, 0.05) is 62.1 Å². The third-order valence-electron chi connectivity index (χ3n) is 7.54. The van der Waals surface area contributed by atoms with Gasteiger partial charge in [0.25, 0.3) is 0 Å². The molecule has 2 aromatic rings. The molecule has 1 atom stereocenters. The lowest BCUT2D eigenvalue weighted by Crippen LogP contribution is -2.44. The Kier molecular flexibility index (Phi) is 6.28. The largest absolute Gasteiger partial charge is 0.388 e. The summed E-state index contributed by atoms with van der Waals surface area (Å²) in [7, 11) is 2.17. The number of nitrogens with zero attached hydrogens (tertiary/aromatic N) is 6. The lowest BCUT2D eigenvalue weighted by Gasteiger charge is -2.35. The van der Waals surface area contributed by atoms with Gasteiger partial charge in [0.2, 0.25) is 5.95 Å². The topological polar surface area (TPSA) is 68.6 Å². The van der Waals surface area contributed by atoms with E-state index in [4.69, 9.17) is 15.0 Å². The number of piperidine rings is 1. The van der Waals surface area contributed by atoms with Gasteiger partial charge in [-0.15, -0.1) is 0 Å². The van der Waals surface area contributed by atoms with Crippen LogP contribution in [0.15, 0.2) is 18.5 Å². The lowest BCUT2D eigenvalue weighted by atomic mass is 9.86. The number of likely N-dealkylation sites (N-methyl/N-ethyl adjacent to an activating group) is 1. The molecular formula is C25H36N6O. The smallest absolute Gasteiger partial charge is 0.225 e. The van der Waals surface area contributed by atoms with Gasteiger partial charge in [0.15, 0.2) is 0 Å². The summed E-state index contributed by atoms with van der Waals surface area (Å²) >= 11 is 0. The second-order valence-electron chi connectivity index (χ2n) is 9.62. The van der Waals surface area contributed by atoms with Crippen LogP contribution in [0, 0.1) is 0 Å². The van der Waals surface area contributed by atoms with Crippen molar-refractivity contribution in [2.24, 2.45) is 0 Å². The number of hydrogen-bond acceptors (Lipinski definition) is 7. The Hall–Kier alpha value is -2.25. The van der Waals surface area contributed by atoms with Gasteiger partial charge < -0.3 is 19.8 Å². The molecule has 0 bridgehead atoms. The highest BCUT2D eigenvalue weighted by Gasteiger charge is 2.28. The van der Waals surface area contributed by atoms with E-state index in [2.05, 4.69) is 34.7 Å². The minimum atomic E-state index is -0.335. The zero-order chi connectivity index (χ0) is 22.1. The van der Waals surface area contributed by atoms with E-state index in [-0.39, 0.29) is 6.10 Å². The van der Waals surface area contributed by atoms with Crippen molar-refractivity contribution in [1.82, 2.24) is 19.9 Å². The average Bonchev–Trinajstić information content (AvgIpc) is 2.84. The second kappa shape index (κ2) is 9.32. The Morgan fingerprint density at radius 3 is 2.38 bits per heavy atom. The van der Waals surface area contributed by atoms with Gasteiger partial charge in [-0.05, 0) is 57.2 Å². The Morgan fingerprint density at radius 2 is 1.69 bits per heavy atom. The lowest BCUT2D eigenvalue weighted by molar-refractivity contribution is 0.155. The molecule has 32 heavy (non-hydrogen) atoms. The molecule has 2 aromatic heterocycles. The molecule has 1 N–H and O–H groups in total. The number of anilines is 2. The number of piperazine rings is 1. The van der Waals surface area contributed by atoms with Crippen LogP contribution in [-0.4, -0.2) is 71.3 Å². The fourth-order valence-electron chi connectivity index (χ4n) is 5.43. The van der Waals surface area contributed by atoms with E-state index in [1.807, 2.05) is 12.4 Å². The van der Waals surface area contributed by atoms with Crippen LogP contribution in [0.3, 0.4) is 0 Å². The number of aryl methyl sites for hydroxylation is 2. The summed E-state index contributed by atoms with van der Waals surface area (Å²) in [6, 6.07) is 2.24. The zero-order valence-electron chi connectivity index (χ0n) is 19.5. The molecule has 5 rings (SSSR count). The number of hydrogen-bond donors (Lipinski definition) is 1. The van der Waals surface area contributed by atoms with E-state index in [9.17, 15) is 5.11 Å². The monoisotopic (exact) mass is 436 g/mol. The summed E-state index contributed by atoms with van der Waals surface area (Å²) in [6.45, 7) is 8.37. The molecule has 172 valence electrons. The number of rotatable bonds is 4. The molecule has 0 saturated carbocycles. The third kappa shape index (κ3) is 4.33. The molecule has 1 unspecified atom stereocenters. The summed E-state index contributed by atoms with van der Waals surface area (Å²) in [6.07, 6.45) is 9.66. The molecule has 3 aliphatic rings. The van der Waals surface area contributed by atoms with Crippen LogP contribution in [0.25, 0.3) is 0 Å². The molecule has 0 aromatic carbocycles. The van der Waals surface area contributed by atoms with E-state index in [0.717, 1.165) is 101 Å². The van der Waals surface area contributed by atoms with Gasteiger partial charge in [-0.3, -0.25) is 4.98 Å². The predicted molar refractivity (Wildman–Crippen MR) is 127 cm³/mol. The Bertz CT molecular complexity index is 917. The quantitative estimate of drug-likeness (QED) is 0.790. The maximum atomic E-state index is 10.4. The van der Waals surface area contributed by atoms with Crippen molar-refractivity contribution in [1.29, 1.82) is 0 Å². The van der Waals surface area contributed by atoms with Crippen LogP contribution in [0.1, 0.15) is 67.1 Å². The fraction of sp³-hybridized carbons (Fsp3) is 0.640. The average molecular weight is 437 g/mol. The number of pyridine rings is 1. The van der Waals surface area contributed by atoms with Gasteiger partial charge in [-0.25, -0.2) is 9.97 Å². The molecule has 0 spiro atoms. The van der Waals surface area contributed by atoms with Crippen LogP contribution in [0.5, 0.6) is 0 Å². The molecule has 7 heteroatoms. The van der Waals surface area contributed by atoms with Crippen molar-refractivity contribution in [3.05, 3.63) is 41.0 Å². The first-order valence-corrected chi connectivity index (χ1v) is 12.3. The highest BCUT2D eigenvalue weighted by molar-refractivity contribution is 5.46. The molecule has 2 aliphatic heterocycles. The molecule has 2 saturated heterocycles. The van der Waals surface area contributed by atoms with E-state index in [0.29, 0.717) is 5.92 Å². The number of aliphatic hydroxyl groups is 1. The van der Waals surface area contributed by atoms with Crippen LogP contribution in [0.4, 0.5) is 11.6 Å². The highest BCUT2D eigenvalue weighted by Crippen LogP contribution is 2.35. The van der Waals surface area contributed by atoms with Gasteiger partial charge in [0.1, 0.15) is 0 Å². The first-order valence-electron chi connectivity index (χ1n) is 12.3. The summed E-state index contributed by atoms with van der Waals surface area (Å²) in [4.78, 5) is 21.6. The van der Waals surface area contributed by atoms with Crippen molar-refractivity contribution in [2.45, 2.75) is 57.5 Å². The predicted octanol–water partition coefficient (Wildman–Crippen LogP) is 2.94. The van der Waals surface area contributed by atoms with Crippen LogP contribution >= 0.6 is 0 Å². The number of aliphatic hydroxyl groups excluding tert-OH is 1. The van der Waals surface area contributed by atoms with E-state index in [1.165, 1.54) is 11.3 Å². The standard InChI is InChI=1S/C25H36N6O/c1-3-18-15-21-22(5-4-6-23(21)32)28-24(18)19-7-9-31(10-8-19)25-26-16-20(17-27-25)30-13-11-29(2)12-14-30/h15-17,19,23,32H,3-14H2,1-2H3. The highest BCUT2D eigenvalue weighted by atomic mass is 16.3. The molecular weight excluding hydrogens is 400 g/mol. The fourth-order valence-corrected chi connectivity index (χ4v) is 5.43. The Balaban J connectivity index is 1.24. The molecule has 0 radical (unpaired) electrons. The van der Waals surface area contributed by atoms with Crippen LogP contribution < -0.4 is 9.80 Å². The molecule has 0 amide bonds. The molecule has 7 nitrogen and oxygen atoms in total. The minimum Gasteiger partial charge on any atom is -0.388 e. The second-order valence-corrected chi connectivity index (χ2v) is 9.62. The summed E-state index contributed by atoms with van der Waals surface area (Å²) in [5.41, 5.74) is 5.91. The van der Waals surface area contributed by atoms with Crippen LogP contribution in [0.2, 0.25) is 0 Å². The summed E-state index contributed by atoms with van der Waals surface area (Å²) in [5, 5.41) is 10.4. The van der Waals surface area contributed by atoms with Crippen molar-refractivity contribution >= 4 is 11.6 Å². The molecule has 4 heterocycles. The first kappa shape index (κ1) is 21.6. The zero-order valence-corrected chi connectivity index (χ0v) is 19.5. The summed E-state index contributed by atoms with van der Waals surface area (Å²) < 4.78 is 0. The Morgan fingerprint density at radius 1 is 0.969 bits per heavy atom. The normalized spacial score (nSPS) is 22.8. The maximum absolute atomic E-state index is 10.4. The first-order chi connectivity index (χ1) is 15.6. The third-order valence-corrected chi connectivity index (χ3v) is 7.54.